The third kappa shape index (κ3) is 28.3. The molecule has 0 aliphatic carbocycles. The number of fused-ring (bicyclic) bond motifs is 3. The number of ether oxygens (including phenoxy) is 6. The highest BCUT2D eigenvalue weighted by molar-refractivity contribution is 7.90. The summed E-state index contributed by atoms with van der Waals surface area (Å²) in [6.45, 7) is 35.5. The van der Waals surface area contributed by atoms with Crippen LogP contribution in [0.1, 0.15) is 216 Å². The first-order valence-corrected chi connectivity index (χ1v) is 44.4. The first-order chi connectivity index (χ1) is 56.0. The number of nitrogens with one attached hydrogen (secondary N) is 6. The Morgan fingerprint density at radius 3 is 1.61 bits per heavy atom. The van der Waals surface area contributed by atoms with Crippen LogP contribution in [0.5, 0.6) is 17.2 Å². The van der Waals surface area contributed by atoms with Gasteiger partial charge in [0.1, 0.15) is 39.7 Å². The van der Waals surface area contributed by atoms with Gasteiger partial charge in [0.2, 0.25) is 35.5 Å². The summed E-state index contributed by atoms with van der Waals surface area (Å²) in [6, 6.07) is 10.0. The molecule has 3 heterocycles. The topological polar surface area (TPSA) is 440 Å². The van der Waals surface area contributed by atoms with Gasteiger partial charge in [0, 0.05) is 88.6 Å². The molecule has 0 saturated carbocycles. The third-order valence-corrected chi connectivity index (χ3v) is 24.5. The van der Waals surface area contributed by atoms with Crippen molar-refractivity contribution in [3.63, 3.8) is 0 Å². The zero-order valence-corrected chi connectivity index (χ0v) is 75.3. The van der Waals surface area contributed by atoms with Crippen LogP contribution in [0, 0.1) is 59.3 Å². The maximum atomic E-state index is 15.4. The number of hydrogen-bond acceptors (Lipinski definition) is 21. The molecule has 32 heteroatoms. The molecule has 0 spiro atoms. The zero-order valence-electron chi connectivity index (χ0n) is 73.7. The van der Waals surface area contributed by atoms with Gasteiger partial charge in [-0.1, -0.05) is 44.2 Å². The van der Waals surface area contributed by atoms with Gasteiger partial charge in [-0.05, 0) is 255 Å². The van der Waals surface area contributed by atoms with Gasteiger partial charge in [-0.25, -0.2) is 31.1 Å². The lowest BCUT2D eigenvalue weighted by Gasteiger charge is -2.35. The largest absolute Gasteiger partial charge is 0.488 e. The average Bonchev–Trinajstić information content (AvgIpc) is 1.10. The highest BCUT2D eigenvalue weighted by Crippen LogP contribution is 2.44. The minimum Gasteiger partial charge on any atom is -0.488 e. The molecule has 4 aromatic carbocycles. The number of nitrogens with two attached hydrogens (primary N) is 3. The van der Waals surface area contributed by atoms with Crippen molar-refractivity contribution in [3.8, 4) is 17.2 Å². The predicted molar refractivity (Wildman–Crippen MR) is 462 cm³/mol. The number of ketones is 3. The fourth-order valence-corrected chi connectivity index (χ4v) is 18.2. The number of carbonyl (C=O) groups is 8. The zero-order chi connectivity index (χ0) is 89.2. The highest BCUT2D eigenvalue weighted by Gasteiger charge is 2.38. The summed E-state index contributed by atoms with van der Waals surface area (Å²) >= 11 is 0. The van der Waals surface area contributed by atoms with Gasteiger partial charge in [-0.3, -0.25) is 48.1 Å². The second kappa shape index (κ2) is 42.3. The number of aliphatic imine (C=N–C) groups is 2. The van der Waals surface area contributed by atoms with Gasteiger partial charge in [0.25, 0.3) is 20.0 Å². The third-order valence-electron chi connectivity index (χ3n) is 21.2. The molecule has 0 radical (unpaired) electrons. The number of guanidine groups is 2. The molecule has 30 nitrogen and oxygen atoms in total. The normalized spacial score (nSPS) is 15.5. The van der Waals surface area contributed by atoms with Crippen molar-refractivity contribution >= 4 is 89.9 Å². The molecule has 0 fully saturated rings. The van der Waals surface area contributed by atoms with Gasteiger partial charge in [0.05, 0.1) is 59.9 Å². The minimum atomic E-state index is -4.35. The van der Waals surface area contributed by atoms with Crippen LogP contribution in [0.4, 0.5) is 4.79 Å². The second-order valence-electron chi connectivity index (χ2n) is 35.1. The molecule has 662 valence electrons. The van der Waals surface area contributed by atoms with E-state index in [4.69, 9.17) is 45.6 Å². The quantitative estimate of drug-likeness (QED) is 0.00996. The maximum absolute atomic E-state index is 15.4. The number of benzene rings is 4. The summed E-state index contributed by atoms with van der Waals surface area (Å²) in [5.74, 6) is -5.49. The molecule has 12 N–H and O–H groups in total. The van der Waals surface area contributed by atoms with Crippen LogP contribution < -0.4 is 62.1 Å². The average molecular weight is 1710 g/mol. The standard InChI is InChI=1S/C88H130N12O18S2/c1-52(2)46-61(80(106)92-41-43-114-45-44-113-42-38-89)49-73(103)69(26-23-40-94-83(91)99-120(111,112)79-56(6)54(4)77-66(58(79)8)35-37-88(18,19)117-77)96-75(105)33-32-72(102)68(25-22-39-93-82(90)98-119(109,110)78-55(5)53(3)76-65(57(78)7)34-36-87(16,17)116-76)97-81(107)62(47-60-28-30-64(31-29-60)115-85(10,11)12)50-74(104)70(95-59(9)101)48-63-51-100(84(108)118-86(13,14)15)71-27-21-20-24-67(63)71/h20-21,24,27-31,51-52,61-62,68-70H,22-23,25-26,32-50,89H2,1-19H3,(H,92,106)(H,95,101)(H,96,105)(H,97,107)(H3,90,93,98)(H3,91,94,99)/t61-,62-,68+,69+,70+/m1/s1. The Morgan fingerprint density at radius 2 is 1.10 bits per heavy atom. The van der Waals surface area contributed by atoms with E-state index >= 15 is 14.4 Å². The van der Waals surface area contributed by atoms with E-state index in [9.17, 15) is 40.8 Å². The van der Waals surface area contributed by atoms with Gasteiger partial charge in [-0.15, -0.1) is 0 Å². The van der Waals surface area contributed by atoms with E-state index in [0.29, 0.717) is 118 Å². The van der Waals surface area contributed by atoms with E-state index < -0.39 is 151 Å². The lowest BCUT2D eigenvalue weighted by atomic mass is 9.88. The monoisotopic (exact) mass is 1710 g/mol. The molecule has 120 heavy (non-hydrogen) atoms. The second-order valence-corrected chi connectivity index (χ2v) is 38.4. The molecule has 1 aromatic heterocycles. The van der Waals surface area contributed by atoms with Crippen LogP contribution in [-0.4, -0.2) is 174 Å². The van der Waals surface area contributed by atoms with Gasteiger partial charge in [-0.2, -0.15) is 0 Å². The van der Waals surface area contributed by atoms with Crippen molar-refractivity contribution in [1.29, 1.82) is 0 Å². The smallest absolute Gasteiger partial charge is 0.419 e. The molecule has 4 amide bonds. The molecule has 0 unspecified atom stereocenters. The number of para-hydroxylation sites is 1. The maximum Gasteiger partial charge on any atom is 0.419 e. The Balaban J connectivity index is 1.19. The fourth-order valence-electron chi connectivity index (χ4n) is 15.1. The summed E-state index contributed by atoms with van der Waals surface area (Å²) in [6.07, 6.45) is 1.36. The SMILES string of the molecule is CC(=O)N[C@@H](Cc1cn(C(=O)OC(C)(C)C)c2ccccc12)C(=O)C[C@@H](Cc1ccc(OC(C)(C)C)cc1)C(=O)N[C@@H](CCCN=C(N)NS(=O)(=O)c1c(C)c(C)c2c(c1C)CCC(C)(C)O2)C(=O)CCC(=O)N[C@@H](CCCN=C(N)NS(=O)(=O)c1c(C)c(C)c2c(c1C)CCC(C)(C)O2)C(=O)C[C@@H](CC(C)C)C(=O)NCCOCCOCCN. The summed E-state index contributed by atoms with van der Waals surface area (Å²) in [5, 5.41) is 11.9. The number of aromatic nitrogens is 1. The molecule has 5 aromatic rings. The van der Waals surface area contributed by atoms with Crippen molar-refractivity contribution in [1.82, 2.24) is 35.3 Å². The van der Waals surface area contributed by atoms with Crippen molar-refractivity contribution < 1.29 is 83.6 Å². The summed E-state index contributed by atoms with van der Waals surface area (Å²) in [5.41, 5.74) is 22.3. The van der Waals surface area contributed by atoms with Crippen LogP contribution in [0.15, 0.2) is 74.5 Å². The van der Waals surface area contributed by atoms with E-state index in [-0.39, 0.29) is 99.9 Å². The van der Waals surface area contributed by atoms with Crippen LogP contribution in [0.25, 0.3) is 10.9 Å². The minimum absolute atomic E-state index is 0.0107. The van der Waals surface area contributed by atoms with Crippen LogP contribution in [0.2, 0.25) is 0 Å². The van der Waals surface area contributed by atoms with Crippen LogP contribution in [0.3, 0.4) is 0 Å². The summed E-state index contributed by atoms with van der Waals surface area (Å²) in [4.78, 5) is 125. The van der Waals surface area contributed by atoms with E-state index in [1.165, 1.54) is 11.5 Å². The Labute approximate surface area is 708 Å². The van der Waals surface area contributed by atoms with Crippen molar-refractivity contribution in [2.45, 2.75) is 278 Å². The van der Waals surface area contributed by atoms with Gasteiger partial charge in [0.15, 0.2) is 17.3 Å². The predicted octanol–water partition coefficient (Wildman–Crippen LogP) is 9.72. The number of amides is 4. The van der Waals surface area contributed by atoms with E-state index in [1.807, 2.05) is 69.2 Å². The Morgan fingerprint density at radius 1 is 0.592 bits per heavy atom. The highest BCUT2D eigenvalue weighted by atomic mass is 32.2. The number of carbonyl (C=O) groups excluding carboxylic acids is 8. The Hall–Kier alpha value is -9.50. The molecule has 2 aliphatic heterocycles. The molecule has 5 atom stereocenters. The Kier molecular flexibility index (Phi) is 34.4. The van der Waals surface area contributed by atoms with Crippen molar-refractivity contribution in [2.75, 3.05) is 52.6 Å². The van der Waals surface area contributed by atoms with E-state index in [1.54, 1.807) is 110 Å². The molecular formula is C88H130N12O18S2. The first kappa shape index (κ1) is 97.6. The summed E-state index contributed by atoms with van der Waals surface area (Å²) in [7, 11) is -8.66. The lowest BCUT2D eigenvalue weighted by molar-refractivity contribution is -0.134. The molecule has 0 saturated heterocycles. The van der Waals surface area contributed by atoms with Crippen molar-refractivity contribution in [2.24, 2.45) is 44.9 Å². The number of hydrogen-bond donors (Lipinski definition) is 9. The van der Waals surface area contributed by atoms with Crippen molar-refractivity contribution in [3.05, 3.63) is 110 Å². The lowest BCUT2D eigenvalue weighted by Crippen LogP contribution is -2.47. The number of Topliss-reactive ketones (excluding diaryl/α,β-unsaturated/α-hetero) is 3. The Bertz CT molecular complexity index is 4830. The molecular weight excluding hydrogens is 1580 g/mol. The van der Waals surface area contributed by atoms with Gasteiger partial charge < -0.3 is 66.9 Å². The first-order valence-electron chi connectivity index (χ1n) is 41.5. The van der Waals surface area contributed by atoms with Crippen LogP contribution >= 0.6 is 0 Å². The van der Waals surface area contributed by atoms with E-state index in [0.717, 1.165) is 11.1 Å². The fraction of sp³-hybridized carbons (Fsp3) is 0.591. The van der Waals surface area contributed by atoms with Crippen LogP contribution in [-0.2, 0) is 93.5 Å². The number of sulfonamides is 2. The summed E-state index contributed by atoms with van der Waals surface area (Å²) < 4.78 is 98.8. The van der Waals surface area contributed by atoms with Gasteiger partial charge >= 0.3 is 6.09 Å². The number of nitrogens with zero attached hydrogens (tertiary/aromatic N) is 3. The molecule has 7 rings (SSSR count). The molecule has 2 aliphatic rings. The number of rotatable bonds is 42. The van der Waals surface area contributed by atoms with E-state index in [2.05, 4.69) is 40.7 Å². The molecule has 0 bridgehead atoms.